The molecule has 0 aliphatic carbocycles. The average Bonchev–Trinajstić information content (AvgIpc) is 3.43. The Hall–Kier alpha value is -2.77. The maximum Gasteiger partial charge on any atom is 0.250 e. The van der Waals surface area contributed by atoms with Crippen molar-refractivity contribution in [1.29, 1.82) is 0 Å². The van der Waals surface area contributed by atoms with Crippen molar-refractivity contribution in [1.82, 2.24) is 4.90 Å². The molecule has 2 aromatic carbocycles. The highest BCUT2D eigenvalue weighted by Crippen LogP contribution is 2.56. The van der Waals surface area contributed by atoms with E-state index in [0.29, 0.717) is 28.6 Å². The fraction of sp³-hybridized carbons (Fsp3) is 0.417. The fourth-order valence-corrected chi connectivity index (χ4v) is 6.06. The molecule has 8 heteroatoms. The number of halogens is 1. The maximum atomic E-state index is 13.8. The number of aryl methyl sites for hydroxylation is 1. The molecule has 32 heavy (non-hydrogen) atoms. The van der Waals surface area contributed by atoms with E-state index < -0.39 is 11.5 Å². The average molecular weight is 456 g/mol. The van der Waals surface area contributed by atoms with Crippen molar-refractivity contribution in [3.05, 3.63) is 46.5 Å². The minimum Gasteiger partial charge on any atom is -0.497 e. The van der Waals surface area contributed by atoms with Crippen molar-refractivity contribution in [2.75, 3.05) is 31.4 Å². The van der Waals surface area contributed by atoms with Gasteiger partial charge in [-0.2, -0.15) is 0 Å². The Morgan fingerprint density at radius 1 is 1.25 bits per heavy atom. The summed E-state index contributed by atoms with van der Waals surface area (Å²) in [6.07, 6.45) is 2.58. The van der Waals surface area contributed by atoms with Crippen molar-refractivity contribution in [3.63, 3.8) is 0 Å². The summed E-state index contributed by atoms with van der Waals surface area (Å²) >= 11 is 6.42. The number of rotatable bonds is 4. The molecule has 3 aliphatic heterocycles. The monoisotopic (exact) mass is 455 g/mol. The molecule has 0 bridgehead atoms. The van der Waals surface area contributed by atoms with E-state index in [-0.39, 0.29) is 17.9 Å². The van der Waals surface area contributed by atoms with Crippen LogP contribution >= 0.6 is 11.6 Å². The molecular weight excluding hydrogens is 430 g/mol. The van der Waals surface area contributed by atoms with Crippen LogP contribution in [0.25, 0.3) is 0 Å². The number of anilines is 2. The first-order valence-electron chi connectivity index (χ1n) is 10.8. The summed E-state index contributed by atoms with van der Waals surface area (Å²) in [6, 6.07) is 9.10. The van der Waals surface area contributed by atoms with Crippen LogP contribution in [0.5, 0.6) is 11.5 Å². The van der Waals surface area contributed by atoms with Crippen molar-refractivity contribution in [2.45, 2.75) is 37.8 Å². The Balaban J connectivity index is 1.60. The molecule has 3 atom stereocenters. The lowest BCUT2D eigenvalue weighted by Gasteiger charge is -2.36. The third kappa shape index (κ3) is 2.91. The van der Waals surface area contributed by atoms with E-state index in [1.807, 2.05) is 19.1 Å². The van der Waals surface area contributed by atoms with Gasteiger partial charge in [-0.3, -0.25) is 14.5 Å². The summed E-state index contributed by atoms with van der Waals surface area (Å²) in [5, 5.41) is 6.64. The number of carbonyl (C=O) groups is 2. The van der Waals surface area contributed by atoms with E-state index >= 15 is 0 Å². The number of methoxy groups -OCH3 is 2. The first-order valence-corrected chi connectivity index (χ1v) is 11.2. The zero-order chi connectivity index (χ0) is 22.6. The first kappa shape index (κ1) is 21.1. The largest absolute Gasteiger partial charge is 0.497 e. The molecule has 3 heterocycles. The number of nitrogens with zero attached hydrogens (tertiary/aromatic N) is 1. The van der Waals surface area contributed by atoms with E-state index in [4.69, 9.17) is 21.1 Å². The van der Waals surface area contributed by atoms with Crippen LogP contribution in [-0.4, -0.2) is 43.5 Å². The zero-order valence-electron chi connectivity index (χ0n) is 18.3. The number of nitrogens with one attached hydrogen (secondary N) is 2. The second kappa shape index (κ2) is 7.67. The van der Waals surface area contributed by atoms with Crippen LogP contribution in [0.1, 0.15) is 30.4 Å². The van der Waals surface area contributed by atoms with Crippen LogP contribution in [0.3, 0.4) is 0 Å². The highest BCUT2D eigenvalue weighted by atomic mass is 35.5. The Bertz CT molecular complexity index is 1120. The van der Waals surface area contributed by atoms with E-state index in [1.54, 1.807) is 32.4 Å². The van der Waals surface area contributed by atoms with Crippen LogP contribution in [-0.2, 0) is 15.1 Å². The van der Waals surface area contributed by atoms with Crippen LogP contribution in [0, 0.1) is 12.8 Å². The minimum absolute atomic E-state index is 0.153. The third-order valence-corrected chi connectivity index (χ3v) is 7.34. The summed E-state index contributed by atoms with van der Waals surface area (Å²) in [4.78, 5) is 29.6. The smallest absolute Gasteiger partial charge is 0.250 e. The Labute approximate surface area is 192 Å². The lowest BCUT2D eigenvalue weighted by molar-refractivity contribution is -0.135. The van der Waals surface area contributed by atoms with Gasteiger partial charge in [0.05, 0.1) is 25.8 Å². The number of carbonyl (C=O) groups excluding carboxylic acids is 2. The van der Waals surface area contributed by atoms with Crippen molar-refractivity contribution in [3.8, 4) is 11.5 Å². The topological polar surface area (TPSA) is 79.9 Å². The van der Waals surface area contributed by atoms with Gasteiger partial charge in [0.15, 0.2) is 0 Å². The van der Waals surface area contributed by atoms with Gasteiger partial charge in [-0.05, 0) is 62.6 Å². The number of hydrogen-bond donors (Lipinski definition) is 2. The molecule has 0 saturated carbocycles. The summed E-state index contributed by atoms with van der Waals surface area (Å²) < 4.78 is 10.7. The van der Waals surface area contributed by atoms with E-state index in [1.165, 1.54) is 0 Å². The predicted octanol–water partition coefficient (Wildman–Crippen LogP) is 3.94. The van der Waals surface area contributed by atoms with Gasteiger partial charge in [0, 0.05) is 28.4 Å². The van der Waals surface area contributed by atoms with Crippen LogP contribution in [0.2, 0.25) is 5.02 Å². The summed E-state index contributed by atoms with van der Waals surface area (Å²) in [5.74, 6) is 0.200. The number of hydrogen-bond acceptors (Lipinski definition) is 5. The standard InChI is InChI=1S/C24H26ClN3O4/c1-13-9-14(25)10-17-21(13)27-23(30)24(17)18(11-15-5-4-8-28(15)24)22(29)26-19-12-16(31-2)6-7-20(19)32-3/h6-7,9-10,12,15,18H,4-5,8,11H2,1-3H3,(H,26,29)(H,27,30)/t15-,18-,24-/m0/s1. The molecule has 2 amide bonds. The van der Waals surface area contributed by atoms with Gasteiger partial charge in [0.25, 0.3) is 0 Å². The van der Waals surface area contributed by atoms with E-state index in [9.17, 15) is 9.59 Å². The molecule has 2 saturated heterocycles. The van der Waals surface area contributed by atoms with Crippen LogP contribution < -0.4 is 20.1 Å². The molecule has 1 spiro atoms. The molecule has 3 aliphatic rings. The molecule has 2 aromatic rings. The fourth-order valence-electron chi connectivity index (χ4n) is 5.79. The van der Waals surface area contributed by atoms with Gasteiger partial charge >= 0.3 is 0 Å². The minimum atomic E-state index is -1.07. The molecule has 0 unspecified atom stereocenters. The summed E-state index contributed by atoms with van der Waals surface area (Å²) in [5.41, 5.74) is 1.91. The molecular formula is C24H26ClN3O4. The van der Waals surface area contributed by atoms with E-state index in [2.05, 4.69) is 15.5 Å². The lowest BCUT2D eigenvalue weighted by Crippen LogP contribution is -2.53. The molecule has 7 nitrogen and oxygen atoms in total. The molecule has 0 radical (unpaired) electrons. The molecule has 5 rings (SSSR count). The number of benzene rings is 2. The SMILES string of the molecule is COc1ccc(OC)c(NC(=O)[C@@H]2C[C@@H]3CCCN3[C@]23C(=O)Nc2c(C)cc(Cl)cc23)c1. The highest BCUT2D eigenvalue weighted by molar-refractivity contribution is 6.31. The number of ether oxygens (including phenoxy) is 2. The zero-order valence-corrected chi connectivity index (χ0v) is 19.1. The molecule has 2 N–H and O–H groups in total. The highest BCUT2D eigenvalue weighted by Gasteiger charge is 2.65. The Morgan fingerprint density at radius 2 is 2.06 bits per heavy atom. The predicted molar refractivity (Wildman–Crippen MR) is 123 cm³/mol. The van der Waals surface area contributed by atoms with Gasteiger partial charge < -0.3 is 20.1 Å². The lowest BCUT2D eigenvalue weighted by atomic mass is 9.78. The van der Waals surface area contributed by atoms with Gasteiger partial charge in [-0.25, -0.2) is 0 Å². The third-order valence-electron chi connectivity index (χ3n) is 7.12. The quantitative estimate of drug-likeness (QED) is 0.730. The van der Waals surface area contributed by atoms with Gasteiger partial charge in [-0.15, -0.1) is 0 Å². The summed E-state index contributed by atoms with van der Waals surface area (Å²) in [6.45, 7) is 2.70. The van der Waals surface area contributed by atoms with Crippen molar-refractivity contribution in [2.24, 2.45) is 5.92 Å². The van der Waals surface area contributed by atoms with Gasteiger partial charge in [0.1, 0.15) is 17.0 Å². The van der Waals surface area contributed by atoms with Crippen molar-refractivity contribution < 1.29 is 19.1 Å². The molecule has 0 aromatic heterocycles. The molecule has 2 fully saturated rings. The van der Waals surface area contributed by atoms with Crippen molar-refractivity contribution >= 4 is 34.8 Å². The number of amides is 2. The molecule has 168 valence electrons. The first-order chi connectivity index (χ1) is 15.4. The summed E-state index contributed by atoms with van der Waals surface area (Å²) in [7, 11) is 3.12. The maximum absolute atomic E-state index is 13.8. The number of fused-ring (bicyclic) bond motifs is 4. The second-order valence-corrected chi connectivity index (χ2v) is 9.14. The Morgan fingerprint density at radius 3 is 2.81 bits per heavy atom. The van der Waals surface area contributed by atoms with Crippen LogP contribution in [0.4, 0.5) is 11.4 Å². The van der Waals surface area contributed by atoms with Gasteiger partial charge in [-0.1, -0.05) is 11.6 Å². The van der Waals surface area contributed by atoms with Gasteiger partial charge in [0.2, 0.25) is 11.8 Å². The van der Waals surface area contributed by atoms with Crippen LogP contribution in [0.15, 0.2) is 30.3 Å². The van der Waals surface area contributed by atoms with E-state index in [0.717, 1.165) is 36.2 Å². The normalized spacial score (nSPS) is 26.1. The second-order valence-electron chi connectivity index (χ2n) is 8.70. The Kier molecular flexibility index (Phi) is 5.06.